The van der Waals surface area contributed by atoms with Gasteiger partial charge in [0, 0.05) is 0 Å². The van der Waals surface area contributed by atoms with Crippen molar-refractivity contribution < 1.29 is 4.79 Å². The maximum atomic E-state index is 10.6. The molecule has 0 saturated heterocycles. The molecule has 72 valence electrons. The van der Waals surface area contributed by atoms with Crippen molar-refractivity contribution in [2.24, 2.45) is 0 Å². The zero-order valence-electron chi connectivity index (χ0n) is 8.17. The summed E-state index contributed by atoms with van der Waals surface area (Å²) in [7, 11) is 0. The minimum absolute atomic E-state index is 0.943. The molecule has 0 atom stereocenters. The highest BCUT2D eigenvalue weighted by Crippen LogP contribution is 2.12. The van der Waals surface area contributed by atoms with Gasteiger partial charge >= 0.3 is 0 Å². The van der Waals surface area contributed by atoms with Crippen molar-refractivity contribution >= 4 is 6.29 Å². The van der Waals surface area contributed by atoms with Crippen LogP contribution in [0.2, 0.25) is 0 Å². The Morgan fingerprint density at radius 3 is 2.69 bits per heavy atom. The van der Waals surface area contributed by atoms with Gasteiger partial charge in [-0.1, -0.05) is 37.5 Å². The van der Waals surface area contributed by atoms with Gasteiger partial charge in [0.15, 0.2) is 0 Å². The highest BCUT2D eigenvalue weighted by atomic mass is 16.1. The average Bonchev–Trinajstić information content (AvgIpc) is 2.22. The maximum absolute atomic E-state index is 10.6. The lowest BCUT2D eigenvalue weighted by Crippen LogP contribution is -1.85. The molecule has 0 radical (unpaired) electrons. The third kappa shape index (κ3) is 4.66. The van der Waals surface area contributed by atoms with Gasteiger partial charge in [-0.25, -0.2) is 0 Å². The zero-order valence-corrected chi connectivity index (χ0v) is 8.17. The Morgan fingerprint density at radius 1 is 1.08 bits per heavy atom. The molecule has 0 saturated carbocycles. The number of aldehydes is 1. The van der Waals surface area contributed by atoms with Gasteiger partial charge < -0.3 is 0 Å². The standard InChI is InChI=1S/C12H18O/c13-11-12-9-7-5-3-1-2-4-6-8-10-12/h5,7,9,11H,1-4,6,8,10H2. The number of hydrogen-bond acceptors (Lipinski definition) is 1. The largest absolute Gasteiger partial charge is 0.298 e. The van der Waals surface area contributed by atoms with Crippen molar-refractivity contribution in [2.75, 3.05) is 0 Å². The summed E-state index contributed by atoms with van der Waals surface area (Å²) >= 11 is 0. The Kier molecular flexibility index (Phi) is 5.23. The summed E-state index contributed by atoms with van der Waals surface area (Å²) < 4.78 is 0. The fourth-order valence-electron chi connectivity index (χ4n) is 1.59. The first-order valence-electron chi connectivity index (χ1n) is 5.24. The highest BCUT2D eigenvalue weighted by molar-refractivity contribution is 5.73. The van der Waals surface area contributed by atoms with Crippen molar-refractivity contribution in [3.63, 3.8) is 0 Å². The van der Waals surface area contributed by atoms with E-state index in [1.807, 2.05) is 12.2 Å². The van der Waals surface area contributed by atoms with Crippen LogP contribution >= 0.6 is 0 Å². The zero-order chi connectivity index (χ0) is 9.36. The minimum atomic E-state index is 0.943. The third-order valence-electron chi connectivity index (χ3n) is 2.43. The molecule has 0 aliphatic heterocycles. The van der Waals surface area contributed by atoms with Crippen LogP contribution in [0.25, 0.3) is 0 Å². The van der Waals surface area contributed by atoms with E-state index in [9.17, 15) is 4.79 Å². The molecular weight excluding hydrogens is 160 g/mol. The summed E-state index contributed by atoms with van der Waals surface area (Å²) in [5.74, 6) is 0. The van der Waals surface area contributed by atoms with Crippen molar-refractivity contribution in [1.29, 1.82) is 0 Å². The first kappa shape index (κ1) is 10.2. The normalized spacial score (nSPS) is 20.2. The molecule has 0 heterocycles. The molecule has 0 bridgehead atoms. The van der Waals surface area contributed by atoms with Crippen LogP contribution in [-0.2, 0) is 4.79 Å². The van der Waals surface area contributed by atoms with Gasteiger partial charge in [0.05, 0.1) is 0 Å². The van der Waals surface area contributed by atoms with E-state index < -0.39 is 0 Å². The van der Waals surface area contributed by atoms with E-state index in [1.54, 1.807) is 0 Å². The summed E-state index contributed by atoms with van der Waals surface area (Å²) in [6.07, 6.45) is 15.6. The molecule has 0 aromatic carbocycles. The Hall–Kier alpha value is -0.850. The second kappa shape index (κ2) is 6.64. The highest BCUT2D eigenvalue weighted by Gasteiger charge is 1.96. The van der Waals surface area contributed by atoms with Crippen molar-refractivity contribution in [2.45, 2.75) is 44.9 Å². The van der Waals surface area contributed by atoms with Crippen molar-refractivity contribution in [1.82, 2.24) is 0 Å². The number of carbonyl (C=O) groups is 1. The molecular formula is C12H18O. The Morgan fingerprint density at radius 2 is 1.85 bits per heavy atom. The molecule has 0 unspecified atom stereocenters. The molecule has 1 aliphatic carbocycles. The molecule has 0 amide bonds. The molecule has 0 spiro atoms. The van der Waals surface area contributed by atoms with E-state index in [4.69, 9.17) is 0 Å². The minimum Gasteiger partial charge on any atom is -0.298 e. The molecule has 1 rings (SSSR count). The summed E-state index contributed by atoms with van der Waals surface area (Å²) in [6, 6.07) is 0. The average molecular weight is 178 g/mol. The van der Waals surface area contributed by atoms with Crippen LogP contribution in [0.1, 0.15) is 44.9 Å². The molecule has 0 aromatic rings. The first-order chi connectivity index (χ1) is 6.43. The summed E-state index contributed by atoms with van der Waals surface area (Å²) in [5, 5.41) is 0. The molecule has 1 heteroatoms. The molecule has 0 fully saturated rings. The summed E-state index contributed by atoms with van der Waals surface area (Å²) in [6.45, 7) is 0. The Bertz CT molecular complexity index is 201. The van der Waals surface area contributed by atoms with Gasteiger partial charge in [0.25, 0.3) is 0 Å². The molecule has 1 aliphatic rings. The monoisotopic (exact) mass is 178 g/mol. The van der Waals surface area contributed by atoms with Gasteiger partial charge in [-0.05, 0) is 31.3 Å². The first-order valence-corrected chi connectivity index (χ1v) is 5.24. The molecule has 1 nitrogen and oxygen atoms in total. The molecule has 0 N–H and O–H groups in total. The van der Waals surface area contributed by atoms with Crippen LogP contribution in [0.3, 0.4) is 0 Å². The van der Waals surface area contributed by atoms with Crippen molar-refractivity contribution in [3.8, 4) is 0 Å². The van der Waals surface area contributed by atoms with Crippen LogP contribution in [0, 0.1) is 0 Å². The van der Waals surface area contributed by atoms with Crippen LogP contribution in [-0.4, -0.2) is 6.29 Å². The lowest BCUT2D eigenvalue weighted by atomic mass is 10.1. The smallest absolute Gasteiger partial charge is 0.146 e. The second-order valence-corrected chi connectivity index (χ2v) is 3.59. The number of carbonyl (C=O) groups excluding carboxylic acids is 1. The van der Waals surface area contributed by atoms with E-state index in [-0.39, 0.29) is 0 Å². The molecule has 13 heavy (non-hydrogen) atoms. The number of allylic oxidation sites excluding steroid dienone is 4. The lowest BCUT2D eigenvalue weighted by molar-refractivity contribution is -0.105. The van der Waals surface area contributed by atoms with Gasteiger partial charge in [-0.3, -0.25) is 4.79 Å². The van der Waals surface area contributed by atoms with E-state index in [2.05, 4.69) is 6.08 Å². The van der Waals surface area contributed by atoms with E-state index in [0.29, 0.717) is 0 Å². The number of hydrogen-bond donors (Lipinski definition) is 0. The SMILES string of the molecule is O=CC1=CC=CCCCCCCC1. The maximum Gasteiger partial charge on any atom is 0.146 e. The van der Waals surface area contributed by atoms with E-state index >= 15 is 0 Å². The van der Waals surface area contributed by atoms with Crippen LogP contribution in [0.5, 0.6) is 0 Å². The van der Waals surface area contributed by atoms with Crippen LogP contribution in [0.15, 0.2) is 23.8 Å². The summed E-state index contributed by atoms with van der Waals surface area (Å²) in [5.41, 5.74) is 0.943. The van der Waals surface area contributed by atoms with Gasteiger partial charge in [0.2, 0.25) is 0 Å². The Labute approximate surface area is 80.5 Å². The van der Waals surface area contributed by atoms with E-state index in [1.165, 1.54) is 32.1 Å². The van der Waals surface area contributed by atoms with E-state index in [0.717, 1.165) is 24.7 Å². The topological polar surface area (TPSA) is 17.1 Å². The third-order valence-corrected chi connectivity index (χ3v) is 2.43. The number of rotatable bonds is 1. The fraction of sp³-hybridized carbons (Fsp3) is 0.583. The second-order valence-electron chi connectivity index (χ2n) is 3.59. The fourth-order valence-corrected chi connectivity index (χ4v) is 1.59. The quantitative estimate of drug-likeness (QED) is 0.562. The van der Waals surface area contributed by atoms with Crippen LogP contribution in [0.4, 0.5) is 0 Å². The predicted molar refractivity (Wildman–Crippen MR) is 55.6 cm³/mol. The lowest BCUT2D eigenvalue weighted by Gasteiger charge is -1.99. The Balaban J connectivity index is 2.46. The van der Waals surface area contributed by atoms with Gasteiger partial charge in [-0.15, -0.1) is 0 Å². The molecule has 0 aromatic heterocycles. The predicted octanol–water partition coefficient (Wildman–Crippen LogP) is 3.41. The van der Waals surface area contributed by atoms with Crippen molar-refractivity contribution in [3.05, 3.63) is 23.8 Å². The summed E-state index contributed by atoms with van der Waals surface area (Å²) in [4.78, 5) is 10.6. The van der Waals surface area contributed by atoms with Crippen LogP contribution < -0.4 is 0 Å². The van der Waals surface area contributed by atoms with Gasteiger partial charge in [-0.2, -0.15) is 0 Å². The van der Waals surface area contributed by atoms with Gasteiger partial charge in [0.1, 0.15) is 6.29 Å².